The van der Waals surface area contributed by atoms with Gasteiger partial charge in [0.2, 0.25) is 0 Å². The summed E-state index contributed by atoms with van der Waals surface area (Å²) < 4.78 is 0. The van der Waals surface area contributed by atoms with Gasteiger partial charge in [0.25, 0.3) is 0 Å². The molecule has 0 amide bonds. The van der Waals surface area contributed by atoms with Crippen LogP contribution in [0, 0.1) is 5.92 Å². The lowest BCUT2D eigenvalue weighted by atomic mass is 10.2. The lowest BCUT2D eigenvalue weighted by molar-refractivity contribution is 0.597. The van der Waals surface area contributed by atoms with E-state index in [1.54, 1.807) is 17.7 Å². The summed E-state index contributed by atoms with van der Waals surface area (Å²) in [5.41, 5.74) is 5.62. The maximum absolute atomic E-state index is 5.62. The van der Waals surface area contributed by atoms with Crippen LogP contribution in [0.2, 0.25) is 0 Å². The Labute approximate surface area is 112 Å². The van der Waals surface area contributed by atoms with Gasteiger partial charge in [0, 0.05) is 13.1 Å². The molecule has 0 bridgehead atoms. The Kier molecular flexibility index (Phi) is 4.49. The predicted molar refractivity (Wildman–Crippen MR) is 78.1 cm³/mol. The minimum atomic E-state index is 0.603. The molecule has 98 valence electrons. The van der Waals surface area contributed by atoms with E-state index in [0.717, 1.165) is 35.5 Å². The van der Waals surface area contributed by atoms with Gasteiger partial charge in [0.05, 0.1) is 5.39 Å². The Balaban J connectivity index is 2.30. The molecule has 2 rings (SSSR count). The van der Waals surface area contributed by atoms with E-state index in [4.69, 9.17) is 5.73 Å². The van der Waals surface area contributed by atoms with Gasteiger partial charge in [-0.2, -0.15) is 0 Å². The molecule has 0 aromatic carbocycles. The molecular formula is C13H20N4S. The summed E-state index contributed by atoms with van der Waals surface area (Å²) in [4.78, 5) is 12.2. The van der Waals surface area contributed by atoms with Gasteiger partial charge in [-0.1, -0.05) is 13.8 Å². The molecule has 2 N–H and O–H groups in total. The number of hydrogen-bond donors (Lipinski definition) is 1. The highest BCUT2D eigenvalue weighted by Crippen LogP contribution is 2.27. The third-order valence-electron chi connectivity index (χ3n) is 2.76. The average molecular weight is 264 g/mol. The van der Waals surface area contributed by atoms with Crippen LogP contribution in [-0.2, 0) is 0 Å². The third-order valence-corrected chi connectivity index (χ3v) is 3.58. The van der Waals surface area contributed by atoms with Crippen molar-refractivity contribution in [1.82, 2.24) is 9.97 Å². The number of aromatic nitrogens is 2. The van der Waals surface area contributed by atoms with E-state index in [1.807, 2.05) is 0 Å². The monoisotopic (exact) mass is 264 g/mol. The SMILES string of the molecule is CC(C)CN(CCCN)c1ncnc2sccc12. The number of fused-ring (bicyclic) bond motifs is 1. The molecule has 2 aromatic heterocycles. The largest absolute Gasteiger partial charge is 0.356 e. The van der Waals surface area contributed by atoms with Crippen molar-refractivity contribution in [2.75, 3.05) is 24.5 Å². The topological polar surface area (TPSA) is 55.0 Å². The quantitative estimate of drug-likeness (QED) is 0.871. The van der Waals surface area contributed by atoms with Crippen molar-refractivity contribution in [3.05, 3.63) is 17.8 Å². The van der Waals surface area contributed by atoms with Gasteiger partial charge in [0.15, 0.2) is 0 Å². The Morgan fingerprint density at radius 3 is 2.94 bits per heavy atom. The van der Waals surface area contributed by atoms with Crippen LogP contribution >= 0.6 is 11.3 Å². The van der Waals surface area contributed by atoms with Crippen LogP contribution in [0.4, 0.5) is 5.82 Å². The van der Waals surface area contributed by atoms with E-state index in [1.165, 1.54) is 0 Å². The standard InChI is InChI=1S/C13H20N4S/c1-10(2)8-17(6-3-5-14)12-11-4-7-18-13(11)16-9-15-12/h4,7,9-10H,3,5-6,8,14H2,1-2H3. The molecule has 0 spiro atoms. The number of hydrogen-bond acceptors (Lipinski definition) is 5. The highest BCUT2D eigenvalue weighted by molar-refractivity contribution is 7.16. The second kappa shape index (κ2) is 6.11. The second-order valence-corrected chi connectivity index (χ2v) is 5.71. The normalized spacial score (nSPS) is 11.3. The van der Waals surface area contributed by atoms with Gasteiger partial charge >= 0.3 is 0 Å². The molecule has 0 radical (unpaired) electrons. The minimum absolute atomic E-state index is 0.603. The lowest BCUT2D eigenvalue weighted by Gasteiger charge is -2.25. The number of rotatable bonds is 6. The molecule has 0 saturated heterocycles. The first-order chi connectivity index (χ1) is 8.72. The maximum Gasteiger partial charge on any atom is 0.140 e. The third kappa shape index (κ3) is 2.97. The van der Waals surface area contributed by atoms with Gasteiger partial charge in [-0.25, -0.2) is 9.97 Å². The Morgan fingerprint density at radius 2 is 2.22 bits per heavy atom. The first-order valence-electron chi connectivity index (χ1n) is 6.35. The smallest absolute Gasteiger partial charge is 0.140 e. The summed E-state index contributed by atoms with van der Waals surface area (Å²) in [5, 5.41) is 3.22. The molecule has 4 nitrogen and oxygen atoms in total. The maximum atomic E-state index is 5.62. The predicted octanol–water partition coefficient (Wildman–Crippen LogP) is 2.50. The molecule has 0 atom stereocenters. The van der Waals surface area contributed by atoms with E-state index in [2.05, 4.69) is 40.2 Å². The van der Waals surface area contributed by atoms with Crippen molar-refractivity contribution in [2.45, 2.75) is 20.3 Å². The molecule has 18 heavy (non-hydrogen) atoms. The Morgan fingerprint density at radius 1 is 1.39 bits per heavy atom. The summed E-state index contributed by atoms with van der Waals surface area (Å²) in [6, 6.07) is 2.10. The minimum Gasteiger partial charge on any atom is -0.356 e. The van der Waals surface area contributed by atoms with Gasteiger partial charge in [-0.15, -0.1) is 11.3 Å². The van der Waals surface area contributed by atoms with E-state index in [-0.39, 0.29) is 0 Å². The van der Waals surface area contributed by atoms with Crippen LogP contribution in [0.5, 0.6) is 0 Å². The second-order valence-electron chi connectivity index (χ2n) is 4.82. The van der Waals surface area contributed by atoms with Gasteiger partial charge < -0.3 is 10.6 Å². The molecule has 0 aliphatic heterocycles. The Bertz CT molecular complexity index is 494. The Hall–Kier alpha value is -1.20. The molecule has 0 aliphatic rings. The molecule has 5 heteroatoms. The number of nitrogens with zero attached hydrogens (tertiary/aromatic N) is 3. The van der Waals surface area contributed by atoms with Crippen LogP contribution < -0.4 is 10.6 Å². The van der Waals surface area contributed by atoms with Crippen LogP contribution in [0.1, 0.15) is 20.3 Å². The lowest BCUT2D eigenvalue weighted by Crippen LogP contribution is -2.30. The highest BCUT2D eigenvalue weighted by atomic mass is 32.1. The zero-order valence-electron chi connectivity index (χ0n) is 11.0. The van der Waals surface area contributed by atoms with E-state index in [9.17, 15) is 0 Å². The summed E-state index contributed by atoms with van der Waals surface area (Å²) in [7, 11) is 0. The fraction of sp³-hybridized carbons (Fsp3) is 0.538. The van der Waals surface area contributed by atoms with Crippen molar-refractivity contribution in [2.24, 2.45) is 11.7 Å². The molecule has 2 aromatic rings. The zero-order chi connectivity index (χ0) is 13.0. The first kappa shape index (κ1) is 13.2. The fourth-order valence-corrected chi connectivity index (χ4v) is 2.76. The van der Waals surface area contributed by atoms with Crippen molar-refractivity contribution in [3.8, 4) is 0 Å². The molecule has 0 saturated carbocycles. The molecule has 2 heterocycles. The van der Waals surface area contributed by atoms with Gasteiger partial charge in [-0.3, -0.25) is 0 Å². The van der Waals surface area contributed by atoms with Crippen LogP contribution in [0.15, 0.2) is 17.8 Å². The van der Waals surface area contributed by atoms with Gasteiger partial charge in [0.1, 0.15) is 17.0 Å². The van der Waals surface area contributed by atoms with Crippen molar-refractivity contribution in [1.29, 1.82) is 0 Å². The van der Waals surface area contributed by atoms with Crippen LogP contribution in [-0.4, -0.2) is 29.6 Å². The highest BCUT2D eigenvalue weighted by Gasteiger charge is 2.13. The molecule has 0 unspecified atom stereocenters. The fourth-order valence-electron chi connectivity index (χ4n) is 2.04. The molecule has 0 aliphatic carbocycles. The number of thiophene rings is 1. The van der Waals surface area contributed by atoms with E-state index in [0.29, 0.717) is 12.5 Å². The molecular weight excluding hydrogens is 244 g/mol. The average Bonchev–Trinajstić information content (AvgIpc) is 2.82. The summed E-state index contributed by atoms with van der Waals surface area (Å²) >= 11 is 1.66. The number of anilines is 1. The van der Waals surface area contributed by atoms with Crippen LogP contribution in [0.3, 0.4) is 0 Å². The molecule has 0 fully saturated rings. The van der Waals surface area contributed by atoms with E-state index >= 15 is 0 Å². The zero-order valence-corrected chi connectivity index (χ0v) is 11.8. The summed E-state index contributed by atoms with van der Waals surface area (Å²) in [6.07, 6.45) is 2.65. The first-order valence-corrected chi connectivity index (χ1v) is 7.23. The van der Waals surface area contributed by atoms with Crippen molar-refractivity contribution >= 4 is 27.4 Å². The van der Waals surface area contributed by atoms with Gasteiger partial charge in [-0.05, 0) is 30.3 Å². The summed E-state index contributed by atoms with van der Waals surface area (Å²) in [5.74, 6) is 1.65. The summed E-state index contributed by atoms with van der Waals surface area (Å²) in [6.45, 7) is 7.12. The van der Waals surface area contributed by atoms with Crippen LogP contribution in [0.25, 0.3) is 10.2 Å². The van der Waals surface area contributed by atoms with E-state index < -0.39 is 0 Å². The van der Waals surface area contributed by atoms with Crippen molar-refractivity contribution < 1.29 is 0 Å². The van der Waals surface area contributed by atoms with Crippen molar-refractivity contribution in [3.63, 3.8) is 0 Å². The number of nitrogens with two attached hydrogens (primary N) is 1.